The molecule has 6 heteroatoms. The first-order chi connectivity index (χ1) is 11.2. The highest BCUT2D eigenvalue weighted by molar-refractivity contribution is 5.84. The van der Waals surface area contributed by atoms with Gasteiger partial charge in [-0.1, -0.05) is 6.42 Å². The molecule has 23 heavy (non-hydrogen) atoms. The van der Waals surface area contributed by atoms with Crippen molar-refractivity contribution in [2.75, 3.05) is 32.7 Å². The van der Waals surface area contributed by atoms with Crippen LogP contribution in [-0.4, -0.2) is 59.4 Å². The van der Waals surface area contributed by atoms with Gasteiger partial charge in [-0.15, -0.1) is 0 Å². The molecule has 1 atom stereocenters. The number of piperidine rings is 2. The SMILES string of the molecule is CC(CN1CCCCC1)NC(=O)C1(n2cccn2)CCNCC1. The first kappa shape index (κ1) is 16.5. The third kappa shape index (κ3) is 3.75. The van der Waals surface area contributed by atoms with Crippen LogP contribution < -0.4 is 10.6 Å². The van der Waals surface area contributed by atoms with Gasteiger partial charge in [0.25, 0.3) is 0 Å². The van der Waals surface area contributed by atoms with Gasteiger partial charge in [0.05, 0.1) is 0 Å². The number of hydrogen-bond acceptors (Lipinski definition) is 4. The van der Waals surface area contributed by atoms with Gasteiger partial charge in [0.1, 0.15) is 5.54 Å². The molecule has 2 fully saturated rings. The summed E-state index contributed by atoms with van der Waals surface area (Å²) >= 11 is 0. The van der Waals surface area contributed by atoms with Gasteiger partial charge in [-0.25, -0.2) is 0 Å². The summed E-state index contributed by atoms with van der Waals surface area (Å²) in [6.07, 6.45) is 9.15. The summed E-state index contributed by atoms with van der Waals surface area (Å²) in [5.74, 6) is 0.118. The Balaban J connectivity index is 1.64. The van der Waals surface area contributed by atoms with Crippen LogP contribution in [0, 0.1) is 0 Å². The van der Waals surface area contributed by atoms with E-state index in [1.807, 2.05) is 16.9 Å². The van der Waals surface area contributed by atoms with E-state index in [1.165, 1.54) is 19.3 Å². The van der Waals surface area contributed by atoms with E-state index in [-0.39, 0.29) is 11.9 Å². The summed E-state index contributed by atoms with van der Waals surface area (Å²) in [6, 6.07) is 2.07. The fraction of sp³-hybridized carbons (Fsp3) is 0.765. The fourth-order valence-corrected chi connectivity index (χ4v) is 3.86. The molecule has 0 aliphatic carbocycles. The minimum Gasteiger partial charge on any atom is -0.350 e. The molecule has 0 aromatic carbocycles. The molecule has 0 bridgehead atoms. The average molecular weight is 319 g/mol. The van der Waals surface area contributed by atoms with Crippen molar-refractivity contribution in [3.05, 3.63) is 18.5 Å². The molecular weight excluding hydrogens is 290 g/mol. The zero-order chi connectivity index (χ0) is 16.1. The second kappa shape index (κ2) is 7.45. The minimum atomic E-state index is -0.537. The third-order valence-electron chi connectivity index (χ3n) is 5.15. The van der Waals surface area contributed by atoms with Gasteiger partial charge in [0.15, 0.2) is 0 Å². The molecule has 2 N–H and O–H groups in total. The summed E-state index contributed by atoms with van der Waals surface area (Å²) in [5.41, 5.74) is -0.537. The second-order valence-electron chi connectivity index (χ2n) is 6.97. The molecule has 6 nitrogen and oxygen atoms in total. The molecule has 2 aliphatic rings. The predicted octanol–water partition coefficient (Wildman–Crippen LogP) is 0.952. The van der Waals surface area contributed by atoms with Crippen LogP contribution in [0.25, 0.3) is 0 Å². The number of carbonyl (C=O) groups excluding carboxylic acids is 1. The maximum Gasteiger partial charge on any atom is 0.248 e. The van der Waals surface area contributed by atoms with Gasteiger partial charge in [0.2, 0.25) is 5.91 Å². The Kier molecular flexibility index (Phi) is 5.33. The summed E-state index contributed by atoms with van der Waals surface area (Å²) < 4.78 is 1.86. The quantitative estimate of drug-likeness (QED) is 0.848. The highest BCUT2D eigenvalue weighted by atomic mass is 16.2. The topological polar surface area (TPSA) is 62.2 Å². The molecule has 0 saturated carbocycles. The number of aromatic nitrogens is 2. The molecular formula is C17H29N5O. The van der Waals surface area contributed by atoms with E-state index in [1.54, 1.807) is 6.20 Å². The Bertz CT molecular complexity index is 489. The minimum absolute atomic E-state index is 0.118. The molecule has 1 unspecified atom stereocenters. The Hall–Kier alpha value is -1.40. The average Bonchev–Trinajstić information content (AvgIpc) is 3.11. The molecule has 2 saturated heterocycles. The monoisotopic (exact) mass is 319 g/mol. The van der Waals surface area contributed by atoms with Crippen molar-refractivity contribution in [2.24, 2.45) is 0 Å². The number of amides is 1. The largest absolute Gasteiger partial charge is 0.350 e. The molecule has 0 spiro atoms. The Labute approximate surface area is 138 Å². The van der Waals surface area contributed by atoms with Crippen LogP contribution in [0.5, 0.6) is 0 Å². The van der Waals surface area contributed by atoms with Crippen molar-refractivity contribution in [2.45, 2.75) is 50.6 Å². The summed E-state index contributed by atoms with van der Waals surface area (Å²) in [7, 11) is 0. The van der Waals surface area contributed by atoms with Crippen LogP contribution in [0.2, 0.25) is 0 Å². The second-order valence-corrected chi connectivity index (χ2v) is 6.97. The standard InChI is InChI=1S/C17H29N5O/c1-15(14-21-11-3-2-4-12-21)20-16(23)17(6-9-18-10-7-17)22-13-5-8-19-22/h5,8,13,15,18H,2-4,6-7,9-12,14H2,1H3,(H,20,23). The van der Waals surface area contributed by atoms with Crippen LogP contribution in [0.4, 0.5) is 0 Å². The number of hydrogen-bond donors (Lipinski definition) is 2. The highest BCUT2D eigenvalue weighted by Gasteiger charge is 2.42. The van der Waals surface area contributed by atoms with Crippen molar-refractivity contribution >= 4 is 5.91 Å². The Morgan fingerprint density at radius 1 is 1.30 bits per heavy atom. The fourth-order valence-electron chi connectivity index (χ4n) is 3.86. The zero-order valence-corrected chi connectivity index (χ0v) is 14.1. The van der Waals surface area contributed by atoms with Crippen molar-refractivity contribution in [1.82, 2.24) is 25.3 Å². The summed E-state index contributed by atoms with van der Waals surface area (Å²) in [4.78, 5) is 15.5. The molecule has 1 aromatic heterocycles. The predicted molar refractivity (Wildman–Crippen MR) is 90.2 cm³/mol. The molecule has 3 rings (SSSR count). The van der Waals surface area contributed by atoms with Crippen LogP contribution in [0.15, 0.2) is 18.5 Å². The van der Waals surface area contributed by atoms with E-state index < -0.39 is 5.54 Å². The van der Waals surface area contributed by atoms with Gasteiger partial charge in [0, 0.05) is 25.0 Å². The van der Waals surface area contributed by atoms with E-state index in [9.17, 15) is 4.79 Å². The number of rotatable bonds is 5. The van der Waals surface area contributed by atoms with Crippen molar-refractivity contribution in [3.63, 3.8) is 0 Å². The lowest BCUT2D eigenvalue weighted by Gasteiger charge is -2.38. The maximum absolute atomic E-state index is 13.1. The number of likely N-dealkylation sites (tertiary alicyclic amines) is 1. The third-order valence-corrected chi connectivity index (χ3v) is 5.15. The number of nitrogens with zero attached hydrogens (tertiary/aromatic N) is 3. The molecule has 1 aromatic rings. The molecule has 1 amide bonds. The summed E-state index contributed by atoms with van der Waals surface area (Å²) in [5, 5.41) is 11.0. The van der Waals surface area contributed by atoms with Crippen molar-refractivity contribution in [1.29, 1.82) is 0 Å². The van der Waals surface area contributed by atoms with Gasteiger partial charge < -0.3 is 15.5 Å². The first-order valence-corrected chi connectivity index (χ1v) is 8.95. The Morgan fingerprint density at radius 2 is 2.04 bits per heavy atom. The van der Waals surface area contributed by atoms with Crippen molar-refractivity contribution < 1.29 is 4.79 Å². The lowest BCUT2D eigenvalue weighted by Crippen LogP contribution is -2.57. The van der Waals surface area contributed by atoms with E-state index >= 15 is 0 Å². The van der Waals surface area contributed by atoms with Crippen LogP contribution in [0.3, 0.4) is 0 Å². The maximum atomic E-state index is 13.1. The molecule has 3 heterocycles. The molecule has 0 radical (unpaired) electrons. The smallest absolute Gasteiger partial charge is 0.248 e. The van der Waals surface area contributed by atoms with Gasteiger partial charge in [-0.2, -0.15) is 5.10 Å². The van der Waals surface area contributed by atoms with Crippen LogP contribution >= 0.6 is 0 Å². The first-order valence-electron chi connectivity index (χ1n) is 8.95. The van der Waals surface area contributed by atoms with Crippen LogP contribution in [-0.2, 0) is 10.3 Å². The number of carbonyl (C=O) groups is 1. The van der Waals surface area contributed by atoms with E-state index in [0.29, 0.717) is 0 Å². The zero-order valence-electron chi connectivity index (χ0n) is 14.1. The lowest BCUT2D eigenvalue weighted by atomic mass is 9.87. The number of nitrogens with one attached hydrogen (secondary N) is 2. The summed E-state index contributed by atoms with van der Waals surface area (Å²) in [6.45, 7) is 7.09. The van der Waals surface area contributed by atoms with Gasteiger partial charge in [-0.05, 0) is 64.9 Å². The van der Waals surface area contributed by atoms with Crippen molar-refractivity contribution in [3.8, 4) is 0 Å². The molecule has 128 valence electrons. The van der Waals surface area contributed by atoms with Crippen LogP contribution in [0.1, 0.15) is 39.0 Å². The van der Waals surface area contributed by atoms with E-state index in [2.05, 4.69) is 27.6 Å². The van der Waals surface area contributed by atoms with Gasteiger partial charge in [-0.3, -0.25) is 9.48 Å². The van der Waals surface area contributed by atoms with E-state index in [4.69, 9.17) is 0 Å². The highest BCUT2D eigenvalue weighted by Crippen LogP contribution is 2.27. The van der Waals surface area contributed by atoms with Gasteiger partial charge >= 0.3 is 0 Å². The molecule has 2 aliphatic heterocycles. The Morgan fingerprint density at radius 3 is 2.70 bits per heavy atom. The normalized spacial score (nSPS) is 23.3. The lowest BCUT2D eigenvalue weighted by molar-refractivity contribution is -0.132. The van der Waals surface area contributed by atoms with E-state index in [0.717, 1.165) is 45.6 Å².